The van der Waals surface area contributed by atoms with Crippen molar-refractivity contribution in [3.05, 3.63) is 29.8 Å². The topological polar surface area (TPSA) is 29.1 Å². The Hall–Kier alpha value is -0.960. The third-order valence-corrected chi connectivity index (χ3v) is 4.23. The van der Waals surface area contributed by atoms with E-state index in [0.29, 0.717) is 12.3 Å². The van der Waals surface area contributed by atoms with E-state index in [4.69, 9.17) is 0 Å². The minimum Gasteiger partial charge on any atom is -0.356 e. The molecule has 1 N–H and O–H groups in total. The van der Waals surface area contributed by atoms with Gasteiger partial charge < -0.3 is 5.32 Å². The van der Waals surface area contributed by atoms with E-state index in [9.17, 15) is 4.79 Å². The Kier molecular flexibility index (Phi) is 5.32. The molecule has 1 amide bonds. The molecule has 2 atom stereocenters. The van der Waals surface area contributed by atoms with Crippen LogP contribution in [0.4, 0.5) is 0 Å². The Labute approximate surface area is 121 Å². The molecule has 1 aliphatic carbocycles. The standard InChI is InChI=1S/C16H23NOS/c1-12-3-2-4-14(9-12)11-17-16(18)10-13-5-7-15(19)8-6-13/h5-8,12,14,19H,2-4,9-11H2,1H3,(H,17,18). The predicted molar refractivity (Wildman–Crippen MR) is 81.5 cm³/mol. The lowest BCUT2D eigenvalue weighted by Gasteiger charge is -2.26. The molecule has 2 nitrogen and oxygen atoms in total. The molecule has 0 aliphatic heterocycles. The molecular weight excluding hydrogens is 254 g/mol. The number of thiol groups is 1. The van der Waals surface area contributed by atoms with Crippen LogP contribution in [0.15, 0.2) is 29.2 Å². The molecule has 0 heterocycles. The van der Waals surface area contributed by atoms with Gasteiger partial charge >= 0.3 is 0 Å². The maximum Gasteiger partial charge on any atom is 0.224 e. The van der Waals surface area contributed by atoms with Gasteiger partial charge in [0, 0.05) is 11.4 Å². The first-order chi connectivity index (χ1) is 9.13. The summed E-state index contributed by atoms with van der Waals surface area (Å²) in [5.74, 6) is 1.62. The first-order valence-electron chi connectivity index (χ1n) is 7.18. The lowest BCUT2D eigenvalue weighted by molar-refractivity contribution is -0.120. The van der Waals surface area contributed by atoms with Crippen LogP contribution in [0.5, 0.6) is 0 Å². The number of nitrogens with one attached hydrogen (secondary N) is 1. The van der Waals surface area contributed by atoms with Crippen LogP contribution >= 0.6 is 12.6 Å². The fraction of sp³-hybridized carbons (Fsp3) is 0.562. The summed E-state index contributed by atoms with van der Waals surface area (Å²) in [4.78, 5) is 12.8. The summed E-state index contributed by atoms with van der Waals surface area (Å²) in [5, 5.41) is 3.08. The van der Waals surface area contributed by atoms with Crippen LogP contribution in [-0.4, -0.2) is 12.5 Å². The first kappa shape index (κ1) is 14.4. The maximum atomic E-state index is 11.9. The SMILES string of the molecule is CC1CCCC(CNC(=O)Cc2ccc(S)cc2)C1. The number of benzene rings is 1. The van der Waals surface area contributed by atoms with Crippen molar-refractivity contribution in [3.63, 3.8) is 0 Å². The van der Waals surface area contributed by atoms with E-state index in [2.05, 4.69) is 24.9 Å². The van der Waals surface area contributed by atoms with Crippen LogP contribution in [0.1, 0.15) is 38.2 Å². The van der Waals surface area contributed by atoms with Crippen molar-refractivity contribution in [1.82, 2.24) is 5.32 Å². The Balaban J connectivity index is 1.73. The van der Waals surface area contributed by atoms with Crippen LogP contribution in [0.2, 0.25) is 0 Å². The quantitative estimate of drug-likeness (QED) is 0.811. The van der Waals surface area contributed by atoms with Crippen molar-refractivity contribution in [2.24, 2.45) is 11.8 Å². The normalized spacial score (nSPS) is 23.1. The molecule has 1 aromatic rings. The van der Waals surface area contributed by atoms with Gasteiger partial charge in [0.2, 0.25) is 5.91 Å². The van der Waals surface area contributed by atoms with Gasteiger partial charge in [-0.2, -0.15) is 0 Å². The number of carbonyl (C=O) groups is 1. The third kappa shape index (κ3) is 4.90. The molecule has 3 heteroatoms. The second kappa shape index (κ2) is 6.99. The Morgan fingerprint density at radius 2 is 2.05 bits per heavy atom. The fourth-order valence-electron chi connectivity index (χ4n) is 2.86. The minimum absolute atomic E-state index is 0.130. The zero-order valence-electron chi connectivity index (χ0n) is 11.6. The number of hydrogen-bond donors (Lipinski definition) is 2. The van der Waals surface area contributed by atoms with E-state index in [0.717, 1.165) is 22.9 Å². The molecule has 0 spiro atoms. The molecule has 0 aromatic heterocycles. The Morgan fingerprint density at radius 3 is 2.74 bits per heavy atom. The van der Waals surface area contributed by atoms with Gasteiger partial charge in [0.1, 0.15) is 0 Å². The highest BCUT2D eigenvalue weighted by Gasteiger charge is 2.19. The average molecular weight is 277 g/mol. The summed E-state index contributed by atoms with van der Waals surface area (Å²) in [6.07, 6.45) is 5.65. The Morgan fingerprint density at radius 1 is 1.32 bits per heavy atom. The van der Waals surface area contributed by atoms with Gasteiger partial charge in [-0.25, -0.2) is 0 Å². The lowest BCUT2D eigenvalue weighted by Crippen LogP contribution is -2.32. The maximum absolute atomic E-state index is 11.9. The second-order valence-electron chi connectivity index (χ2n) is 5.79. The van der Waals surface area contributed by atoms with Crippen molar-refractivity contribution < 1.29 is 4.79 Å². The van der Waals surface area contributed by atoms with Crippen LogP contribution < -0.4 is 5.32 Å². The smallest absolute Gasteiger partial charge is 0.224 e. The monoisotopic (exact) mass is 277 g/mol. The van der Waals surface area contributed by atoms with Gasteiger partial charge in [0.25, 0.3) is 0 Å². The molecule has 104 valence electrons. The van der Waals surface area contributed by atoms with Crippen molar-refractivity contribution >= 4 is 18.5 Å². The molecule has 0 bridgehead atoms. The molecule has 1 saturated carbocycles. The zero-order valence-corrected chi connectivity index (χ0v) is 12.5. The largest absolute Gasteiger partial charge is 0.356 e. The highest BCUT2D eigenvalue weighted by molar-refractivity contribution is 7.80. The van der Waals surface area contributed by atoms with E-state index in [1.165, 1.54) is 25.7 Å². The van der Waals surface area contributed by atoms with E-state index < -0.39 is 0 Å². The average Bonchev–Trinajstić information content (AvgIpc) is 2.39. The molecule has 2 rings (SSSR count). The molecule has 19 heavy (non-hydrogen) atoms. The van der Waals surface area contributed by atoms with E-state index in [1.807, 2.05) is 24.3 Å². The van der Waals surface area contributed by atoms with Crippen LogP contribution in [-0.2, 0) is 11.2 Å². The van der Waals surface area contributed by atoms with E-state index >= 15 is 0 Å². The summed E-state index contributed by atoms with van der Waals surface area (Å²) >= 11 is 4.24. The molecule has 1 fully saturated rings. The summed E-state index contributed by atoms with van der Waals surface area (Å²) in [6.45, 7) is 3.15. The van der Waals surface area contributed by atoms with Crippen LogP contribution in [0.3, 0.4) is 0 Å². The van der Waals surface area contributed by atoms with Gasteiger partial charge in [-0.15, -0.1) is 12.6 Å². The molecular formula is C16H23NOS. The highest BCUT2D eigenvalue weighted by atomic mass is 32.1. The van der Waals surface area contributed by atoms with Gasteiger partial charge in [0.05, 0.1) is 6.42 Å². The molecule has 0 saturated heterocycles. The van der Waals surface area contributed by atoms with Gasteiger partial charge in [-0.3, -0.25) is 4.79 Å². The summed E-state index contributed by atoms with van der Waals surface area (Å²) in [6, 6.07) is 7.78. The van der Waals surface area contributed by atoms with Gasteiger partial charge in [-0.1, -0.05) is 31.9 Å². The number of rotatable bonds is 4. The van der Waals surface area contributed by atoms with Crippen molar-refractivity contribution in [2.45, 2.75) is 43.9 Å². The van der Waals surface area contributed by atoms with Crippen molar-refractivity contribution in [2.75, 3.05) is 6.54 Å². The number of hydrogen-bond acceptors (Lipinski definition) is 2. The predicted octanol–water partition coefficient (Wildman–Crippen LogP) is 3.46. The molecule has 1 aromatic carbocycles. The number of carbonyl (C=O) groups excluding carboxylic acids is 1. The van der Waals surface area contributed by atoms with E-state index in [1.54, 1.807) is 0 Å². The van der Waals surface area contributed by atoms with Gasteiger partial charge in [0.15, 0.2) is 0 Å². The minimum atomic E-state index is 0.130. The summed E-state index contributed by atoms with van der Waals surface area (Å²) in [7, 11) is 0. The fourth-order valence-corrected chi connectivity index (χ4v) is 3.01. The van der Waals surface area contributed by atoms with Crippen LogP contribution in [0.25, 0.3) is 0 Å². The highest BCUT2D eigenvalue weighted by Crippen LogP contribution is 2.27. The number of amides is 1. The van der Waals surface area contributed by atoms with Crippen molar-refractivity contribution in [1.29, 1.82) is 0 Å². The first-order valence-corrected chi connectivity index (χ1v) is 7.63. The molecule has 1 aliphatic rings. The van der Waals surface area contributed by atoms with Crippen molar-refractivity contribution in [3.8, 4) is 0 Å². The third-order valence-electron chi connectivity index (χ3n) is 3.93. The summed E-state index contributed by atoms with van der Waals surface area (Å²) < 4.78 is 0. The Bertz CT molecular complexity index is 415. The zero-order chi connectivity index (χ0) is 13.7. The van der Waals surface area contributed by atoms with Crippen LogP contribution in [0, 0.1) is 11.8 Å². The van der Waals surface area contributed by atoms with E-state index in [-0.39, 0.29) is 5.91 Å². The summed E-state index contributed by atoms with van der Waals surface area (Å²) in [5.41, 5.74) is 1.05. The lowest BCUT2D eigenvalue weighted by atomic mass is 9.82. The van der Waals surface area contributed by atoms with Gasteiger partial charge in [-0.05, 0) is 42.4 Å². The molecule has 2 unspecified atom stereocenters. The second-order valence-corrected chi connectivity index (χ2v) is 6.30. The molecule has 0 radical (unpaired) electrons.